The number of anilines is 1. The van der Waals surface area contributed by atoms with Crippen LogP contribution in [0.25, 0.3) is 5.65 Å². The zero-order chi connectivity index (χ0) is 21.5. The van der Waals surface area contributed by atoms with Gasteiger partial charge in [-0.05, 0) is 62.2 Å². The fraction of sp³-hybridized carbons (Fsp3) is 0.182. The van der Waals surface area contributed by atoms with E-state index in [0.29, 0.717) is 11.5 Å². The minimum absolute atomic E-state index is 0.0149. The summed E-state index contributed by atoms with van der Waals surface area (Å²) >= 11 is 0. The summed E-state index contributed by atoms with van der Waals surface area (Å²) in [5.41, 5.74) is 2.81. The predicted octanol–water partition coefficient (Wildman–Crippen LogP) is 4.19. The molecule has 154 valence electrons. The first-order valence-corrected chi connectivity index (χ1v) is 10.9. The number of hydrogen-bond acceptors (Lipinski definition) is 4. The van der Waals surface area contributed by atoms with Crippen LogP contribution in [0, 0.1) is 26.6 Å². The van der Waals surface area contributed by atoms with Crippen molar-refractivity contribution in [2.24, 2.45) is 0 Å². The molecule has 2 aromatic carbocycles. The zero-order valence-corrected chi connectivity index (χ0v) is 17.7. The number of fused-ring (bicyclic) bond motifs is 1. The summed E-state index contributed by atoms with van der Waals surface area (Å²) in [6.07, 6.45) is 1.71. The van der Waals surface area contributed by atoms with Gasteiger partial charge in [0.25, 0.3) is 10.0 Å². The monoisotopic (exact) mass is 424 g/mol. The summed E-state index contributed by atoms with van der Waals surface area (Å²) in [6, 6.07) is 14.8. The SMILES string of the molecule is Cc1cc(C)cc(N(Cc2ccccc2F)S(=O)(=O)c2cccn3c(C)nnc23)c1. The maximum atomic E-state index is 14.4. The van der Waals surface area contributed by atoms with Crippen LogP contribution in [0.4, 0.5) is 10.1 Å². The van der Waals surface area contributed by atoms with Crippen molar-refractivity contribution < 1.29 is 12.8 Å². The maximum Gasteiger partial charge on any atom is 0.268 e. The molecule has 0 fully saturated rings. The van der Waals surface area contributed by atoms with Crippen molar-refractivity contribution in [2.45, 2.75) is 32.2 Å². The molecule has 0 amide bonds. The number of benzene rings is 2. The lowest BCUT2D eigenvalue weighted by molar-refractivity contribution is 0.585. The second-order valence-electron chi connectivity index (χ2n) is 7.26. The van der Waals surface area contributed by atoms with Gasteiger partial charge in [-0.1, -0.05) is 24.3 Å². The molecule has 0 radical (unpaired) electrons. The number of rotatable bonds is 5. The molecule has 0 aliphatic carbocycles. The van der Waals surface area contributed by atoms with Crippen LogP contribution in [0.3, 0.4) is 0 Å². The normalized spacial score (nSPS) is 11.7. The topological polar surface area (TPSA) is 67.6 Å². The molecule has 0 saturated carbocycles. The van der Waals surface area contributed by atoms with E-state index in [2.05, 4.69) is 10.2 Å². The number of sulfonamides is 1. The molecule has 0 spiro atoms. The Balaban J connectivity index is 1.93. The molecular formula is C22H21FN4O2S. The summed E-state index contributed by atoms with van der Waals surface area (Å²) in [4.78, 5) is 0.0149. The molecule has 4 rings (SSSR count). The molecule has 0 aliphatic rings. The molecule has 6 nitrogen and oxygen atoms in total. The van der Waals surface area contributed by atoms with E-state index in [1.807, 2.05) is 19.9 Å². The van der Waals surface area contributed by atoms with Crippen LogP contribution in [0.2, 0.25) is 0 Å². The smallest absolute Gasteiger partial charge is 0.268 e. The number of nitrogens with zero attached hydrogens (tertiary/aromatic N) is 4. The van der Waals surface area contributed by atoms with Crippen LogP contribution >= 0.6 is 0 Å². The Hall–Kier alpha value is -3.26. The van der Waals surface area contributed by atoms with E-state index in [1.165, 1.54) is 16.4 Å². The van der Waals surface area contributed by atoms with E-state index in [9.17, 15) is 12.8 Å². The second-order valence-corrected chi connectivity index (χ2v) is 9.09. The first-order chi connectivity index (χ1) is 14.3. The molecule has 0 aliphatic heterocycles. The third kappa shape index (κ3) is 3.54. The second kappa shape index (κ2) is 7.53. The summed E-state index contributed by atoms with van der Waals surface area (Å²) in [7, 11) is -4.07. The largest absolute Gasteiger partial charge is 0.286 e. The van der Waals surface area contributed by atoms with E-state index >= 15 is 0 Å². The average Bonchev–Trinajstić information content (AvgIpc) is 3.07. The minimum Gasteiger partial charge on any atom is -0.286 e. The highest BCUT2D eigenvalue weighted by atomic mass is 32.2. The number of aryl methyl sites for hydroxylation is 3. The van der Waals surface area contributed by atoms with Gasteiger partial charge in [-0.25, -0.2) is 12.8 Å². The van der Waals surface area contributed by atoms with Gasteiger partial charge in [0.05, 0.1) is 12.2 Å². The van der Waals surface area contributed by atoms with Gasteiger partial charge in [0.1, 0.15) is 16.5 Å². The number of hydrogen-bond donors (Lipinski definition) is 0. The third-order valence-electron chi connectivity index (χ3n) is 4.90. The Bertz CT molecular complexity index is 1330. The molecule has 8 heteroatoms. The molecular weight excluding hydrogens is 403 g/mol. The van der Waals surface area contributed by atoms with E-state index < -0.39 is 15.8 Å². The molecule has 0 saturated heterocycles. The fourth-order valence-electron chi connectivity index (χ4n) is 3.52. The highest BCUT2D eigenvalue weighted by molar-refractivity contribution is 7.93. The van der Waals surface area contributed by atoms with Gasteiger partial charge >= 0.3 is 0 Å². The summed E-state index contributed by atoms with van der Waals surface area (Å²) < 4.78 is 44.9. The van der Waals surface area contributed by atoms with Crippen LogP contribution in [0.15, 0.2) is 65.7 Å². The first-order valence-electron chi connectivity index (χ1n) is 9.42. The van der Waals surface area contributed by atoms with E-state index in [4.69, 9.17) is 0 Å². The summed E-state index contributed by atoms with van der Waals surface area (Å²) in [5, 5.41) is 8.05. The molecule has 0 atom stereocenters. The van der Waals surface area contributed by atoms with Crippen LogP contribution < -0.4 is 4.31 Å². The van der Waals surface area contributed by atoms with Gasteiger partial charge in [-0.15, -0.1) is 10.2 Å². The van der Waals surface area contributed by atoms with E-state index in [0.717, 1.165) is 11.1 Å². The molecule has 30 heavy (non-hydrogen) atoms. The van der Waals surface area contributed by atoms with Crippen LogP contribution in [0.5, 0.6) is 0 Å². The average molecular weight is 425 g/mol. The first kappa shape index (κ1) is 20.0. The fourth-order valence-corrected chi connectivity index (χ4v) is 5.07. The van der Waals surface area contributed by atoms with Crippen molar-refractivity contribution in [1.82, 2.24) is 14.6 Å². The van der Waals surface area contributed by atoms with Gasteiger partial charge in [0.15, 0.2) is 5.65 Å². The molecule has 0 N–H and O–H groups in total. The Morgan fingerprint density at radius 2 is 1.67 bits per heavy atom. The lowest BCUT2D eigenvalue weighted by Gasteiger charge is -2.26. The van der Waals surface area contributed by atoms with Gasteiger partial charge in [-0.2, -0.15) is 0 Å². The third-order valence-corrected chi connectivity index (χ3v) is 6.70. The molecule has 4 aromatic rings. The Labute approximate surface area is 174 Å². The van der Waals surface area contributed by atoms with Gasteiger partial charge in [0, 0.05) is 11.8 Å². The van der Waals surface area contributed by atoms with Gasteiger partial charge in [0.2, 0.25) is 0 Å². The maximum absolute atomic E-state index is 14.4. The van der Waals surface area contributed by atoms with E-state index in [-0.39, 0.29) is 22.7 Å². The van der Waals surface area contributed by atoms with Gasteiger partial charge in [-0.3, -0.25) is 8.71 Å². The molecule has 2 heterocycles. The van der Waals surface area contributed by atoms with Crippen molar-refractivity contribution in [3.05, 3.63) is 89.1 Å². The zero-order valence-electron chi connectivity index (χ0n) is 16.9. The highest BCUT2D eigenvalue weighted by Gasteiger charge is 2.29. The van der Waals surface area contributed by atoms with Crippen molar-refractivity contribution in [3.8, 4) is 0 Å². The quantitative estimate of drug-likeness (QED) is 0.482. The lowest BCUT2D eigenvalue weighted by Crippen LogP contribution is -2.31. The summed E-state index contributed by atoms with van der Waals surface area (Å²) in [5.74, 6) is 0.118. The van der Waals surface area contributed by atoms with Crippen molar-refractivity contribution in [3.63, 3.8) is 0 Å². The highest BCUT2D eigenvalue weighted by Crippen LogP contribution is 2.30. The Kier molecular flexibility index (Phi) is 5.03. The van der Waals surface area contributed by atoms with Gasteiger partial charge < -0.3 is 0 Å². The molecule has 0 bridgehead atoms. The van der Waals surface area contributed by atoms with E-state index in [1.54, 1.807) is 53.9 Å². The van der Waals surface area contributed by atoms with Crippen LogP contribution in [-0.4, -0.2) is 23.0 Å². The molecule has 2 aromatic heterocycles. The number of halogens is 1. The lowest BCUT2D eigenvalue weighted by atomic mass is 10.1. The van der Waals surface area contributed by atoms with Crippen LogP contribution in [0.1, 0.15) is 22.5 Å². The molecule has 0 unspecified atom stereocenters. The summed E-state index contributed by atoms with van der Waals surface area (Å²) in [6.45, 7) is 5.39. The standard InChI is InChI=1S/C22H21FN4O2S/c1-15-11-16(2)13-19(12-15)27(14-18-7-4-5-8-20(18)23)30(28,29)21-9-6-10-26-17(3)24-25-22(21)26/h4-13H,14H2,1-3H3. The van der Waals surface area contributed by atoms with Crippen molar-refractivity contribution >= 4 is 21.4 Å². The number of pyridine rings is 1. The minimum atomic E-state index is -4.07. The van der Waals surface area contributed by atoms with Crippen LogP contribution in [-0.2, 0) is 16.6 Å². The number of aromatic nitrogens is 3. The van der Waals surface area contributed by atoms with Crippen molar-refractivity contribution in [2.75, 3.05) is 4.31 Å². The Morgan fingerprint density at radius 3 is 2.37 bits per heavy atom. The predicted molar refractivity (Wildman–Crippen MR) is 113 cm³/mol. The Morgan fingerprint density at radius 1 is 0.967 bits per heavy atom. The van der Waals surface area contributed by atoms with Crippen molar-refractivity contribution in [1.29, 1.82) is 0 Å².